The van der Waals surface area contributed by atoms with Gasteiger partial charge in [-0.1, -0.05) is 30.3 Å². The topological polar surface area (TPSA) is 72.6 Å². The number of hydrogen-bond donors (Lipinski definition) is 1. The molecule has 1 saturated heterocycles. The monoisotopic (exact) mass is 276 g/mol. The fourth-order valence-corrected chi connectivity index (χ4v) is 2.40. The van der Waals surface area contributed by atoms with E-state index >= 15 is 0 Å². The Morgan fingerprint density at radius 2 is 1.85 bits per heavy atom. The van der Waals surface area contributed by atoms with Crippen molar-refractivity contribution in [2.45, 2.75) is 24.9 Å². The zero-order chi connectivity index (χ0) is 14.5. The number of ether oxygens (including phenoxy) is 1. The number of hydrogen-bond acceptors (Lipinski definition) is 4. The Kier molecular flexibility index (Phi) is 4.74. The van der Waals surface area contributed by atoms with E-state index in [0.717, 1.165) is 25.9 Å². The van der Waals surface area contributed by atoms with Crippen molar-refractivity contribution in [1.29, 1.82) is 0 Å². The largest absolute Gasteiger partial charge is 0.461 e. The van der Waals surface area contributed by atoms with Gasteiger partial charge in [-0.2, -0.15) is 0 Å². The number of carbonyl (C=O) groups excluding carboxylic acids is 2. The first kappa shape index (κ1) is 14.5. The summed E-state index contributed by atoms with van der Waals surface area (Å²) in [6.45, 7) is 1.79. The van der Waals surface area contributed by atoms with Gasteiger partial charge >= 0.3 is 5.97 Å². The second-order valence-corrected chi connectivity index (χ2v) is 5.19. The molecule has 5 nitrogen and oxygen atoms in total. The number of rotatable bonds is 4. The molecule has 0 aliphatic carbocycles. The van der Waals surface area contributed by atoms with E-state index in [0.29, 0.717) is 5.56 Å². The molecule has 1 aromatic carbocycles. The molecule has 2 N–H and O–H groups in total. The number of amides is 1. The Morgan fingerprint density at radius 1 is 1.25 bits per heavy atom. The first-order valence-electron chi connectivity index (χ1n) is 6.81. The van der Waals surface area contributed by atoms with E-state index in [1.54, 1.807) is 24.3 Å². The van der Waals surface area contributed by atoms with E-state index in [1.807, 2.05) is 13.1 Å². The van der Waals surface area contributed by atoms with Crippen LogP contribution in [0.3, 0.4) is 0 Å². The summed E-state index contributed by atoms with van der Waals surface area (Å²) < 4.78 is 5.45. The second kappa shape index (κ2) is 6.52. The van der Waals surface area contributed by atoms with Crippen LogP contribution >= 0.6 is 0 Å². The average molecular weight is 276 g/mol. The van der Waals surface area contributed by atoms with E-state index < -0.39 is 17.8 Å². The van der Waals surface area contributed by atoms with Gasteiger partial charge in [0.2, 0.25) is 5.91 Å². The summed E-state index contributed by atoms with van der Waals surface area (Å²) in [5.41, 5.74) is 5.93. The van der Waals surface area contributed by atoms with Gasteiger partial charge in [0.1, 0.15) is 6.10 Å². The summed E-state index contributed by atoms with van der Waals surface area (Å²) >= 11 is 0. The zero-order valence-corrected chi connectivity index (χ0v) is 11.6. The predicted octanol–water partition coefficient (Wildman–Crippen LogP) is 0.893. The summed E-state index contributed by atoms with van der Waals surface area (Å²) in [7, 11) is 2.04. The van der Waals surface area contributed by atoms with Gasteiger partial charge < -0.3 is 15.4 Å². The van der Waals surface area contributed by atoms with E-state index in [-0.39, 0.29) is 6.10 Å². The highest BCUT2D eigenvalue weighted by atomic mass is 16.5. The molecule has 0 spiro atoms. The van der Waals surface area contributed by atoms with Gasteiger partial charge in [0.05, 0.1) is 0 Å². The summed E-state index contributed by atoms with van der Waals surface area (Å²) in [5, 5.41) is 0. The van der Waals surface area contributed by atoms with Crippen molar-refractivity contribution in [1.82, 2.24) is 4.90 Å². The number of primary amides is 1. The quantitative estimate of drug-likeness (QED) is 0.655. The van der Waals surface area contributed by atoms with Gasteiger partial charge in [-0.05, 0) is 25.5 Å². The van der Waals surface area contributed by atoms with Gasteiger partial charge in [-0.25, -0.2) is 0 Å². The van der Waals surface area contributed by atoms with Crippen molar-refractivity contribution in [3.8, 4) is 0 Å². The number of nitrogens with zero attached hydrogens (tertiary/aromatic N) is 1. The van der Waals surface area contributed by atoms with E-state index in [1.165, 1.54) is 0 Å². The molecule has 5 heteroatoms. The average Bonchev–Trinajstić information content (AvgIpc) is 2.42. The zero-order valence-electron chi connectivity index (χ0n) is 11.6. The maximum atomic E-state index is 12.2. The van der Waals surface area contributed by atoms with Crippen LogP contribution in [0.2, 0.25) is 0 Å². The van der Waals surface area contributed by atoms with Gasteiger partial charge in [0, 0.05) is 13.1 Å². The number of carbonyl (C=O) groups is 2. The lowest BCUT2D eigenvalue weighted by Gasteiger charge is -2.29. The van der Waals surface area contributed by atoms with Gasteiger partial charge in [0.25, 0.3) is 0 Å². The molecule has 1 aliphatic rings. The summed E-state index contributed by atoms with van der Waals surface area (Å²) in [4.78, 5) is 25.9. The number of piperidine rings is 1. The SMILES string of the molecule is CN1CCC(OC(=O)C(C(N)=O)c2ccccc2)CC1. The van der Waals surface area contributed by atoms with E-state index in [9.17, 15) is 9.59 Å². The second-order valence-electron chi connectivity index (χ2n) is 5.19. The number of esters is 1. The molecule has 1 amide bonds. The molecule has 1 aromatic rings. The Hall–Kier alpha value is -1.88. The highest BCUT2D eigenvalue weighted by molar-refractivity contribution is 6.02. The van der Waals surface area contributed by atoms with Crippen molar-refractivity contribution < 1.29 is 14.3 Å². The Bertz CT molecular complexity index is 467. The molecule has 0 bridgehead atoms. The molecule has 0 saturated carbocycles. The molecule has 0 radical (unpaired) electrons. The normalized spacial score (nSPS) is 18.4. The Morgan fingerprint density at radius 3 is 2.40 bits per heavy atom. The van der Waals surface area contributed by atoms with Crippen LogP contribution in [0.1, 0.15) is 24.3 Å². The predicted molar refractivity (Wildman–Crippen MR) is 75.0 cm³/mol. The maximum absolute atomic E-state index is 12.2. The van der Waals surface area contributed by atoms with Crippen LogP contribution in [0.5, 0.6) is 0 Å². The third-order valence-corrected chi connectivity index (χ3v) is 3.60. The van der Waals surface area contributed by atoms with Crippen LogP contribution in [-0.2, 0) is 14.3 Å². The minimum atomic E-state index is -1.02. The molecule has 1 unspecified atom stereocenters. The Labute approximate surface area is 118 Å². The van der Waals surface area contributed by atoms with Crippen molar-refractivity contribution in [2.75, 3.05) is 20.1 Å². The third-order valence-electron chi connectivity index (χ3n) is 3.60. The van der Waals surface area contributed by atoms with E-state index in [2.05, 4.69) is 4.90 Å². The van der Waals surface area contributed by atoms with Crippen LogP contribution in [-0.4, -0.2) is 43.0 Å². The molecule has 0 aromatic heterocycles. The van der Waals surface area contributed by atoms with Crippen LogP contribution in [0.25, 0.3) is 0 Å². The lowest BCUT2D eigenvalue weighted by molar-refractivity contribution is -0.154. The molecule has 1 heterocycles. The van der Waals surface area contributed by atoms with Crippen LogP contribution < -0.4 is 5.73 Å². The van der Waals surface area contributed by atoms with Crippen molar-refractivity contribution in [3.05, 3.63) is 35.9 Å². The minimum absolute atomic E-state index is 0.121. The van der Waals surface area contributed by atoms with Crippen LogP contribution in [0.4, 0.5) is 0 Å². The first-order chi connectivity index (χ1) is 9.58. The first-order valence-corrected chi connectivity index (χ1v) is 6.81. The molecule has 20 heavy (non-hydrogen) atoms. The fraction of sp³-hybridized carbons (Fsp3) is 0.467. The molecule has 2 rings (SSSR count). The van der Waals surface area contributed by atoms with Crippen LogP contribution in [0, 0.1) is 0 Å². The fourth-order valence-electron chi connectivity index (χ4n) is 2.40. The molecular formula is C15H20N2O3. The highest BCUT2D eigenvalue weighted by Gasteiger charge is 2.30. The summed E-state index contributed by atoms with van der Waals surface area (Å²) in [6, 6.07) is 8.79. The molecule has 108 valence electrons. The molecule has 1 fully saturated rings. The van der Waals surface area contributed by atoms with Gasteiger partial charge in [-0.15, -0.1) is 0 Å². The third kappa shape index (κ3) is 3.57. The molecular weight excluding hydrogens is 256 g/mol. The van der Waals surface area contributed by atoms with Crippen LogP contribution in [0.15, 0.2) is 30.3 Å². The molecule has 1 aliphatic heterocycles. The maximum Gasteiger partial charge on any atom is 0.323 e. The lowest BCUT2D eigenvalue weighted by atomic mass is 9.98. The smallest absolute Gasteiger partial charge is 0.323 e. The summed E-state index contributed by atoms with van der Waals surface area (Å²) in [5.74, 6) is -2.23. The number of nitrogens with two attached hydrogens (primary N) is 1. The lowest BCUT2D eigenvalue weighted by Crippen LogP contribution is -2.38. The van der Waals surface area contributed by atoms with Crippen molar-refractivity contribution in [2.24, 2.45) is 5.73 Å². The van der Waals surface area contributed by atoms with Gasteiger partial charge in [-0.3, -0.25) is 9.59 Å². The Balaban J connectivity index is 2.03. The molecule has 1 atom stereocenters. The standard InChI is InChI=1S/C15H20N2O3/c1-17-9-7-12(8-10-17)20-15(19)13(14(16)18)11-5-3-2-4-6-11/h2-6,12-13H,7-10H2,1H3,(H2,16,18). The van der Waals surface area contributed by atoms with Crippen molar-refractivity contribution in [3.63, 3.8) is 0 Å². The van der Waals surface area contributed by atoms with E-state index in [4.69, 9.17) is 10.5 Å². The van der Waals surface area contributed by atoms with Crippen molar-refractivity contribution >= 4 is 11.9 Å². The number of likely N-dealkylation sites (tertiary alicyclic amines) is 1. The minimum Gasteiger partial charge on any atom is -0.461 e. The summed E-state index contributed by atoms with van der Waals surface area (Å²) in [6.07, 6.45) is 1.47. The highest BCUT2D eigenvalue weighted by Crippen LogP contribution is 2.20. The number of benzene rings is 1. The van der Waals surface area contributed by atoms with Gasteiger partial charge in [0.15, 0.2) is 5.92 Å².